The molecule has 1 aliphatic rings. The summed E-state index contributed by atoms with van der Waals surface area (Å²) in [4.78, 5) is 22.1. The Morgan fingerprint density at radius 2 is 2.10 bits per heavy atom. The molecule has 3 heterocycles. The monoisotopic (exact) mass is 423 g/mol. The maximum atomic E-state index is 12.2. The number of nitrogens with zero attached hydrogens (tertiary/aromatic N) is 4. The van der Waals surface area contributed by atoms with Crippen molar-refractivity contribution in [1.29, 1.82) is 0 Å². The minimum atomic E-state index is -0.500. The van der Waals surface area contributed by atoms with Gasteiger partial charge in [0, 0.05) is 19.0 Å². The van der Waals surface area contributed by atoms with Crippen LogP contribution in [-0.4, -0.2) is 68.2 Å². The normalized spacial score (nSPS) is 15.4. The lowest BCUT2D eigenvalue weighted by molar-refractivity contribution is 0.0204. The highest BCUT2D eigenvalue weighted by Gasteiger charge is 2.28. The second-order valence-electron chi connectivity index (χ2n) is 7.87. The topological polar surface area (TPSA) is 113 Å². The Bertz CT molecular complexity index is 843. The number of H-pyrrole nitrogens is 1. The molecule has 0 bridgehead atoms. The number of carbonyl (C=O) groups is 1. The first-order chi connectivity index (χ1) is 13.8. The van der Waals surface area contributed by atoms with E-state index in [1.807, 2.05) is 26.8 Å². The van der Waals surface area contributed by atoms with Gasteiger partial charge in [0.1, 0.15) is 17.9 Å². The van der Waals surface area contributed by atoms with Crippen molar-refractivity contribution in [2.45, 2.75) is 45.1 Å². The number of aliphatic hydroxyl groups excluding tert-OH is 1. The smallest absolute Gasteiger partial charge is 0.410 e. The summed E-state index contributed by atoms with van der Waals surface area (Å²) in [6.45, 7) is 6.83. The molecular formula is C19H26ClN5O4. The Labute approximate surface area is 174 Å². The predicted octanol–water partition coefficient (Wildman–Crippen LogP) is 3.01. The van der Waals surface area contributed by atoms with Gasteiger partial charge in [-0.15, -0.1) is 0 Å². The van der Waals surface area contributed by atoms with Crippen LogP contribution in [-0.2, 0) is 4.74 Å². The van der Waals surface area contributed by atoms with E-state index in [1.165, 1.54) is 6.20 Å². The molecule has 9 nitrogen and oxygen atoms in total. The average molecular weight is 424 g/mol. The number of aromatic nitrogens is 4. The fourth-order valence-corrected chi connectivity index (χ4v) is 3.29. The standard InChI is InChI=1S/C19H26ClN5O4/c1-19(2,3)29-18(27)25-6-4-12(5-7-25)13-10-14(24-23-13)16-15(28-9-8-26)11-21-17(20)22-16/h10-12,26H,4-9H2,1-3H3,(H,23,24). The fourth-order valence-electron chi connectivity index (χ4n) is 3.16. The minimum Gasteiger partial charge on any atom is -0.487 e. The number of hydrogen-bond donors (Lipinski definition) is 2. The Morgan fingerprint density at radius 3 is 2.76 bits per heavy atom. The summed E-state index contributed by atoms with van der Waals surface area (Å²) in [7, 11) is 0. The number of hydrogen-bond acceptors (Lipinski definition) is 7. The molecule has 0 saturated carbocycles. The number of aliphatic hydroxyl groups is 1. The molecule has 3 rings (SSSR count). The van der Waals surface area contributed by atoms with Crippen molar-refractivity contribution >= 4 is 17.7 Å². The van der Waals surface area contributed by atoms with Gasteiger partial charge in [-0.05, 0) is 51.3 Å². The number of aromatic amines is 1. The second kappa shape index (κ2) is 8.96. The van der Waals surface area contributed by atoms with Crippen molar-refractivity contribution in [1.82, 2.24) is 25.1 Å². The molecule has 1 saturated heterocycles. The van der Waals surface area contributed by atoms with Crippen LogP contribution in [0.2, 0.25) is 5.28 Å². The summed E-state index contributed by atoms with van der Waals surface area (Å²) in [5.41, 5.74) is 1.54. The molecule has 158 valence electrons. The van der Waals surface area contributed by atoms with Gasteiger partial charge in [0.2, 0.25) is 5.28 Å². The zero-order valence-electron chi connectivity index (χ0n) is 16.8. The molecule has 2 N–H and O–H groups in total. The third kappa shape index (κ3) is 5.57. The zero-order chi connectivity index (χ0) is 21.0. The van der Waals surface area contributed by atoms with Gasteiger partial charge in [-0.1, -0.05) is 0 Å². The van der Waals surface area contributed by atoms with Crippen LogP contribution in [0.25, 0.3) is 11.4 Å². The molecule has 0 spiro atoms. The molecule has 0 aliphatic carbocycles. The van der Waals surface area contributed by atoms with E-state index >= 15 is 0 Å². The maximum Gasteiger partial charge on any atom is 0.410 e. The van der Waals surface area contributed by atoms with Crippen LogP contribution in [0, 0.1) is 0 Å². The van der Waals surface area contributed by atoms with E-state index in [-0.39, 0.29) is 30.5 Å². The highest BCUT2D eigenvalue weighted by atomic mass is 35.5. The van der Waals surface area contributed by atoms with Gasteiger partial charge in [-0.3, -0.25) is 5.10 Å². The molecule has 0 unspecified atom stereocenters. The van der Waals surface area contributed by atoms with Crippen molar-refractivity contribution in [2.24, 2.45) is 0 Å². The quantitative estimate of drug-likeness (QED) is 0.710. The van der Waals surface area contributed by atoms with Crippen molar-refractivity contribution in [2.75, 3.05) is 26.3 Å². The van der Waals surface area contributed by atoms with Gasteiger partial charge in [0.05, 0.1) is 24.2 Å². The first kappa shape index (κ1) is 21.3. The fraction of sp³-hybridized carbons (Fsp3) is 0.579. The predicted molar refractivity (Wildman–Crippen MR) is 107 cm³/mol. The zero-order valence-corrected chi connectivity index (χ0v) is 17.6. The van der Waals surface area contributed by atoms with Crippen LogP contribution in [0.1, 0.15) is 45.2 Å². The van der Waals surface area contributed by atoms with Gasteiger partial charge in [0.25, 0.3) is 0 Å². The van der Waals surface area contributed by atoms with Crippen molar-refractivity contribution in [3.8, 4) is 17.1 Å². The third-order valence-electron chi connectivity index (χ3n) is 4.49. The third-order valence-corrected chi connectivity index (χ3v) is 4.67. The minimum absolute atomic E-state index is 0.0955. The van der Waals surface area contributed by atoms with Gasteiger partial charge in [0.15, 0.2) is 5.75 Å². The molecule has 0 aromatic carbocycles. The van der Waals surface area contributed by atoms with Crippen LogP contribution in [0.5, 0.6) is 5.75 Å². The Morgan fingerprint density at radius 1 is 1.38 bits per heavy atom. The van der Waals surface area contributed by atoms with Crippen molar-refractivity contribution in [3.63, 3.8) is 0 Å². The lowest BCUT2D eigenvalue weighted by Gasteiger charge is -2.32. The first-order valence-electron chi connectivity index (χ1n) is 9.56. The van der Waals surface area contributed by atoms with Crippen LogP contribution >= 0.6 is 11.6 Å². The number of nitrogens with one attached hydrogen (secondary N) is 1. The summed E-state index contributed by atoms with van der Waals surface area (Å²) in [6, 6.07) is 1.91. The van der Waals surface area contributed by atoms with E-state index in [1.54, 1.807) is 4.90 Å². The van der Waals surface area contributed by atoms with E-state index < -0.39 is 5.60 Å². The summed E-state index contributed by atoms with van der Waals surface area (Å²) in [6.07, 6.45) is 2.78. The second-order valence-corrected chi connectivity index (χ2v) is 8.21. The molecule has 0 atom stereocenters. The number of piperidine rings is 1. The summed E-state index contributed by atoms with van der Waals surface area (Å²) < 4.78 is 10.9. The highest BCUT2D eigenvalue weighted by Crippen LogP contribution is 2.32. The molecule has 1 fully saturated rings. The molecule has 1 aliphatic heterocycles. The average Bonchev–Trinajstić information content (AvgIpc) is 3.16. The van der Waals surface area contributed by atoms with E-state index in [0.717, 1.165) is 18.5 Å². The van der Waals surface area contributed by atoms with Crippen molar-refractivity contribution in [3.05, 3.63) is 23.2 Å². The van der Waals surface area contributed by atoms with E-state index in [0.29, 0.717) is 30.2 Å². The van der Waals surface area contributed by atoms with Gasteiger partial charge < -0.3 is 19.5 Å². The molecule has 1 amide bonds. The Kier molecular flexibility index (Phi) is 6.59. The largest absolute Gasteiger partial charge is 0.487 e. The Hall–Kier alpha value is -2.39. The molecule has 10 heteroatoms. The van der Waals surface area contributed by atoms with Crippen LogP contribution in [0.4, 0.5) is 4.79 Å². The van der Waals surface area contributed by atoms with E-state index in [9.17, 15) is 4.79 Å². The molecule has 2 aromatic heterocycles. The van der Waals surface area contributed by atoms with Crippen LogP contribution in [0.15, 0.2) is 12.3 Å². The molecule has 2 aromatic rings. The van der Waals surface area contributed by atoms with E-state index in [2.05, 4.69) is 20.2 Å². The van der Waals surface area contributed by atoms with Crippen LogP contribution in [0.3, 0.4) is 0 Å². The summed E-state index contributed by atoms with van der Waals surface area (Å²) in [5.74, 6) is 0.635. The lowest BCUT2D eigenvalue weighted by atomic mass is 9.93. The number of rotatable bonds is 5. The molecular weight excluding hydrogens is 398 g/mol. The number of amides is 1. The summed E-state index contributed by atoms with van der Waals surface area (Å²) in [5, 5.41) is 16.5. The number of carbonyl (C=O) groups excluding carboxylic acids is 1. The lowest BCUT2D eigenvalue weighted by Crippen LogP contribution is -2.41. The number of ether oxygens (including phenoxy) is 2. The van der Waals surface area contributed by atoms with Gasteiger partial charge in [-0.25, -0.2) is 14.8 Å². The van der Waals surface area contributed by atoms with Crippen molar-refractivity contribution < 1.29 is 19.4 Å². The van der Waals surface area contributed by atoms with E-state index in [4.69, 9.17) is 26.2 Å². The van der Waals surface area contributed by atoms with Crippen LogP contribution < -0.4 is 4.74 Å². The Balaban J connectivity index is 1.67. The maximum absolute atomic E-state index is 12.2. The molecule has 0 radical (unpaired) electrons. The van der Waals surface area contributed by atoms with Gasteiger partial charge >= 0.3 is 6.09 Å². The van der Waals surface area contributed by atoms with Gasteiger partial charge in [-0.2, -0.15) is 5.10 Å². The summed E-state index contributed by atoms with van der Waals surface area (Å²) >= 11 is 5.94. The SMILES string of the molecule is CC(C)(C)OC(=O)N1CCC(c2cc(-c3nc(Cl)ncc3OCCO)[nH]n2)CC1. The highest BCUT2D eigenvalue weighted by molar-refractivity contribution is 6.28. The number of likely N-dealkylation sites (tertiary alicyclic amines) is 1. The number of halogens is 1. The molecule has 29 heavy (non-hydrogen) atoms. The first-order valence-corrected chi connectivity index (χ1v) is 9.94.